The van der Waals surface area contributed by atoms with Crippen molar-refractivity contribution in [1.82, 2.24) is 4.90 Å². The highest BCUT2D eigenvalue weighted by molar-refractivity contribution is 5.80. The van der Waals surface area contributed by atoms with Gasteiger partial charge in [-0.1, -0.05) is 12.1 Å². The second-order valence-corrected chi connectivity index (χ2v) is 10.6. The number of carboxylic acids is 1. The first-order chi connectivity index (χ1) is 17.6. The number of carbonyl (C=O) groups excluding carboxylic acids is 2. The Morgan fingerprint density at radius 1 is 0.842 bits per heavy atom. The highest BCUT2D eigenvalue weighted by Crippen LogP contribution is 2.28. The summed E-state index contributed by atoms with van der Waals surface area (Å²) in [5.41, 5.74) is -0.373. The van der Waals surface area contributed by atoms with Gasteiger partial charge in [-0.25, -0.2) is 14.4 Å². The van der Waals surface area contributed by atoms with E-state index in [0.717, 1.165) is 4.90 Å². The molecule has 10 heteroatoms. The monoisotopic (exact) mass is 531 g/mol. The van der Waals surface area contributed by atoms with Crippen LogP contribution in [-0.2, 0) is 27.2 Å². The molecular formula is C28H37NO9. The van der Waals surface area contributed by atoms with Gasteiger partial charge in [0.25, 0.3) is 0 Å². The fraction of sp³-hybridized carbons (Fsp3) is 0.464. The van der Waals surface area contributed by atoms with Crippen LogP contribution in [0.5, 0.6) is 17.2 Å². The minimum Gasteiger partial charge on any atom is -0.497 e. The molecule has 0 fully saturated rings. The second-order valence-electron chi connectivity index (χ2n) is 10.6. The molecule has 208 valence electrons. The number of hydrogen-bond acceptors (Lipinski definition) is 8. The number of hydrogen-bond donors (Lipinski definition) is 1. The smallest absolute Gasteiger partial charge is 0.497 e. The van der Waals surface area contributed by atoms with Crippen LogP contribution in [0.15, 0.2) is 42.5 Å². The van der Waals surface area contributed by atoms with Crippen molar-refractivity contribution in [3.63, 3.8) is 0 Å². The average molecular weight is 532 g/mol. The molecule has 0 heterocycles. The molecular weight excluding hydrogens is 494 g/mol. The van der Waals surface area contributed by atoms with Crippen LogP contribution in [0.25, 0.3) is 0 Å². The van der Waals surface area contributed by atoms with E-state index in [4.69, 9.17) is 23.7 Å². The first-order valence-corrected chi connectivity index (χ1v) is 12.0. The molecule has 2 rings (SSSR count). The standard InChI is InChI=1S/C28H37NO9/c1-27(2,3)37-25(32)29(17-19-11-14-21(34-7)16-23(19)35-8)22(24(30)31)15-18-9-12-20(13-10-18)36-26(33)38-28(4,5)6/h9-14,16,22H,15,17H2,1-8H3,(H,30,31)/t22-/m1/s1. The zero-order chi connectivity index (χ0) is 28.7. The summed E-state index contributed by atoms with van der Waals surface area (Å²) in [6.07, 6.45) is -1.66. The van der Waals surface area contributed by atoms with Gasteiger partial charge in [-0.15, -0.1) is 0 Å². The van der Waals surface area contributed by atoms with Gasteiger partial charge in [0, 0.05) is 18.1 Å². The summed E-state index contributed by atoms with van der Waals surface area (Å²) in [5, 5.41) is 10.1. The lowest BCUT2D eigenvalue weighted by atomic mass is 10.0. The van der Waals surface area contributed by atoms with Crippen LogP contribution in [0, 0.1) is 0 Å². The van der Waals surface area contributed by atoms with E-state index in [-0.39, 0.29) is 18.7 Å². The summed E-state index contributed by atoms with van der Waals surface area (Å²) in [6.45, 7) is 10.2. The van der Waals surface area contributed by atoms with Crippen LogP contribution in [0.2, 0.25) is 0 Å². The first-order valence-electron chi connectivity index (χ1n) is 12.0. The van der Waals surface area contributed by atoms with E-state index in [0.29, 0.717) is 22.6 Å². The van der Waals surface area contributed by atoms with Crippen molar-refractivity contribution < 1.29 is 43.2 Å². The number of ether oxygens (including phenoxy) is 5. The van der Waals surface area contributed by atoms with Crippen molar-refractivity contribution in [2.75, 3.05) is 14.2 Å². The van der Waals surface area contributed by atoms with Crippen LogP contribution >= 0.6 is 0 Å². The second kappa shape index (κ2) is 12.5. The molecule has 0 aromatic heterocycles. The molecule has 2 aromatic carbocycles. The fourth-order valence-electron chi connectivity index (χ4n) is 3.40. The SMILES string of the molecule is COc1ccc(CN(C(=O)OC(C)(C)C)[C@H](Cc2ccc(OC(=O)OC(C)(C)C)cc2)C(=O)O)c(OC)c1. The Hall–Kier alpha value is -3.95. The predicted molar refractivity (Wildman–Crippen MR) is 140 cm³/mol. The molecule has 38 heavy (non-hydrogen) atoms. The van der Waals surface area contributed by atoms with Crippen LogP contribution < -0.4 is 14.2 Å². The molecule has 1 N–H and O–H groups in total. The topological polar surface area (TPSA) is 121 Å². The Kier molecular flexibility index (Phi) is 9.98. The van der Waals surface area contributed by atoms with Crippen molar-refractivity contribution >= 4 is 18.2 Å². The molecule has 0 bridgehead atoms. The molecule has 0 aliphatic carbocycles. The minimum atomic E-state index is -1.27. The minimum absolute atomic E-state index is 0.0280. The largest absolute Gasteiger partial charge is 0.514 e. The summed E-state index contributed by atoms with van der Waals surface area (Å²) in [6, 6.07) is 10.1. The van der Waals surface area contributed by atoms with E-state index in [2.05, 4.69) is 0 Å². The van der Waals surface area contributed by atoms with Crippen LogP contribution in [0.4, 0.5) is 9.59 Å². The third kappa shape index (κ3) is 9.49. The summed E-state index contributed by atoms with van der Waals surface area (Å²) in [7, 11) is 3.00. The summed E-state index contributed by atoms with van der Waals surface area (Å²) < 4.78 is 26.5. The molecule has 1 amide bonds. The maximum Gasteiger partial charge on any atom is 0.514 e. The van der Waals surface area contributed by atoms with E-state index in [1.165, 1.54) is 26.4 Å². The van der Waals surface area contributed by atoms with Crippen LogP contribution in [0.3, 0.4) is 0 Å². The number of amides is 1. The zero-order valence-electron chi connectivity index (χ0n) is 23.2. The Morgan fingerprint density at radius 2 is 1.42 bits per heavy atom. The van der Waals surface area contributed by atoms with E-state index in [1.807, 2.05) is 0 Å². The van der Waals surface area contributed by atoms with E-state index in [9.17, 15) is 19.5 Å². The van der Waals surface area contributed by atoms with Crippen molar-refractivity contribution in [2.24, 2.45) is 0 Å². The van der Waals surface area contributed by atoms with E-state index < -0.39 is 35.5 Å². The number of methoxy groups -OCH3 is 2. The van der Waals surface area contributed by atoms with Crippen LogP contribution in [-0.4, -0.2) is 59.7 Å². The molecule has 0 radical (unpaired) electrons. The van der Waals surface area contributed by atoms with E-state index >= 15 is 0 Å². The molecule has 0 saturated heterocycles. The molecule has 0 aliphatic rings. The van der Waals surface area contributed by atoms with Crippen molar-refractivity contribution in [3.8, 4) is 17.2 Å². The van der Waals surface area contributed by atoms with Gasteiger partial charge < -0.3 is 28.8 Å². The lowest BCUT2D eigenvalue weighted by Gasteiger charge is -2.32. The maximum absolute atomic E-state index is 13.2. The van der Waals surface area contributed by atoms with Gasteiger partial charge in [0.15, 0.2) is 0 Å². The van der Waals surface area contributed by atoms with Crippen molar-refractivity contribution in [1.29, 1.82) is 0 Å². The van der Waals surface area contributed by atoms with Gasteiger partial charge in [-0.2, -0.15) is 0 Å². The van der Waals surface area contributed by atoms with Gasteiger partial charge in [-0.05, 0) is 71.4 Å². The van der Waals surface area contributed by atoms with Gasteiger partial charge >= 0.3 is 18.2 Å². The normalized spacial score (nSPS) is 12.2. The third-order valence-electron chi connectivity index (χ3n) is 5.07. The quantitative estimate of drug-likeness (QED) is 0.332. The molecule has 0 saturated carbocycles. The van der Waals surface area contributed by atoms with Gasteiger partial charge in [0.1, 0.15) is 34.5 Å². The molecule has 2 aromatic rings. The lowest BCUT2D eigenvalue weighted by molar-refractivity contribution is -0.143. The fourth-order valence-corrected chi connectivity index (χ4v) is 3.40. The summed E-state index contributed by atoms with van der Waals surface area (Å²) in [5.74, 6) is 0.0165. The van der Waals surface area contributed by atoms with Gasteiger partial charge in [0.05, 0.1) is 20.8 Å². The lowest BCUT2D eigenvalue weighted by Crippen LogP contribution is -2.48. The molecule has 0 aliphatic heterocycles. The van der Waals surface area contributed by atoms with Gasteiger partial charge in [-0.3, -0.25) is 4.90 Å². The van der Waals surface area contributed by atoms with Crippen molar-refractivity contribution in [2.45, 2.75) is 71.8 Å². The number of benzene rings is 2. The summed E-state index contributed by atoms with van der Waals surface area (Å²) >= 11 is 0. The third-order valence-corrected chi connectivity index (χ3v) is 5.07. The van der Waals surface area contributed by atoms with Gasteiger partial charge in [0.2, 0.25) is 0 Å². The Labute approximate surface area is 223 Å². The Morgan fingerprint density at radius 3 is 1.92 bits per heavy atom. The number of aliphatic carboxylic acids is 1. The van der Waals surface area contributed by atoms with Crippen LogP contribution in [0.1, 0.15) is 52.7 Å². The predicted octanol–water partition coefficient (Wildman–Crippen LogP) is 5.45. The molecule has 0 unspecified atom stereocenters. The summed E-state index contributed by atoms with van der Waals surface area (Å²) in [4.78, 5) is 38.7. The Balaban J connectivity index is 2.33. The number of rotatable bonds is 9. The Bertz CT molecular complexity index is 1110. The van der Waals surface area contributed by atoms with E-state index in [1.54, 1.807) is 71.9 Å². The number of carbonyl (C=O) groups is 3. The average Bonchev–Trinajstić information content (AvgIpc) is 2.79. The number of nitrogens with zero attached hydrogens (tertiary/aromatic N) is 1. The zero-order valence-corrected chi connectivity index (χ0v) is 23.2. The highest BCUT2D eigenvalue weighted by atomic mass is 16.7. The first kappa shape index (κ1) is 30.3. The molecule has 10 nitrogen and oxygen atoms in total. The maximum atomic E-state index is 13.2. The highest BCUT2D eigenvalue weighted by Gasteiger charge is 2.34. The number of carboxylic acid groups (broad SMARTS) is 1. The molecule has 0 spiro atoms. The van der Waals surface area contributed by atoms with Crippen molar-refractivity contribution in [3.05, 3.63) is 53.6 Å². The molecule has 1 atom stereocenters.